The molecule has 2 spiro atoms. The van der Waals surface area contributed by atoms with Crippen LogP contribution in [0.3, 0.4) is 0 Å². The van der Waals surface area contributed by atoms with Crippen LogP contribution in [0.1, 0.15) is 73.6 Å². The van der Waals surface area contributed by atoms with Crippen LogP contribution >= 0.6 is 0 Å². The minimum atomic E-state index is 0.510. The van der Waals surface area contributed by atoms with Gasteiger partial charge in [-0.1, -0.05) is 48.5 Å². The number of unbranched alkanes of at least 4 members (excludes halogenated alkanes) is 1. The zero-order valence-electron chi connectivity index (χ0n) is 19.8. The number of rotatable bonds is 5. The maximum atomic E-state index is 2.76. The lowest BCUT2D eigenvalue weighted by atomic mass is 9.74. The first-order chi connectivity index (χ1) is 15.8. The van der Waals surface area contributed by atoms with Gasteiger partial charge in [0.1, 0.15) is 0 Å². The van der Waals surface area contributed by atoms with E-state index in [1.807, 2.05) is 0 Å². The van der Waals surface area contributed by atoms with Crippen LogP contribution in [0, 0.1) is 0 Å². The summed E-state index contributed by atoms with van der Waals surface area (Å²) < 4.78 is 0. The summed E-state index contributed by atoms with van der Waals surface area (Å²) in [7, 11) is 0. The van der Waals surface area contributed by atoms with Crippen LogP contribution in [-0.2, 0) is 23.7 Å². The molecule has 2 aromatic carbocycles. The van der Waals surface area contributed by atoms with Crippen molar-refractivity contribution in [2.24, 2.45) is 0 Å². The highest BCUT2D eigenvalue weighted by Crippen LogP contribution is 2.47. The van der Waals surface area contributed by atoms with E-state index in [0.717, 1.165) is 0 Å². The molecule has 0 atom stereocenters. The minimum absolute atomic E-state index is 0.510. The molecule has 32 heavy (non-hydrogen) atoms. The fourth-order valence-electron chi connectivity index (χ4n) is 7.65. The van der Waals surface area contributed by atoms with Gasteiger partial charge in [0, 0.05) is 0 Å². The monoisotopic (exact) mass is 428 g/mol. The number of benzene rings is 2. The Balaban J connectivity index is 0.926. The van der Waals surface area contributed by atoms with Crippen LogP contribution in [0.25, 0.3) is 0 Å². The Morgan fingerprint density at radius 3 is 1.38 bits per heavy atom. The lowest BCUT2D eigenvalue weighted by molar-refractivity contribution is 0.142. The van der Waals surface area contributed by atoms with Gasteiger partial charge in [-0.15, -0.1) is 0 Å². The molecule has 2 heterocycles. The molecule has 2 aliphatic carbocycles. The summed E-state index contributed by atoms with van der Waals surface area (Å²) in [4.78, 5) is 5.51. The van der Waals surface area contributed by atoms with Crippen molar-refractivity contribution in [3.63, 3.8) is 0 Å². The summed E-state index contributed by atoms with van der Waals surface area (Å²) in [6.07, 6.45) is 13.6. The van der Waals surface area contributed by atoms with E-state index in [0.29, 0.717) is 10.8 Å². The van der Waals surface area contributed by atoms with Gasteiger partial charge in [0.05, 0.1) is 0 Å². The minimum Gasteiger partial charge on any atom is -0.303 e. The molecule has 0 radical (unpaired) electrons. The van der Waals surface area contributed by atoms with Gasteiger partial charge in [0.25, 0.3) is 0 Å². The zero-order chi connectivity index (χ0) is 21.4. The van der Waals surface area contributed by atoms with Gasteiger partial charge in [0.15, 0.2) is 0 Å². The van der Waals surface area contributed by atoms with Crippen molar-refractivity contribution in [3.8, 4) is 0 Å². The number of hydrogen-bond donors (Lipinski definition) is 0. The summed E-state index contributed by atoms with van der Waals surface area (Å²) in [6, 6.07) is 18.5. The molecule has 0 saturated carbocycles. The Morgan fingerprint density at radius 1 is 0.531 bits per heavy atom. The summed E-state index contributed by atoms with van der Waals surface area (Å²) in [5, 5.41) is 0. The fraction of sp³-hybridized carbons (Fsp3) is 0.600. The van der Waals surface area contributed by atoms with Crippen LogP contribution in [0.5, 0.6) is 0 Å². The van der Waals surface area contributed by atoms with Crippen LogP contribution in [0.2, 0.25) is 0 Å². The van der Waals surface area contributed by atoms with E-state index in [4.69, 9.17) is 0 Å². The molecule has 2 fully saturated rings. The summed E-state index contributed by atoms with van der Waals surface area (Å²) in [5.74, 6) is 0. The second-order valence-corrected chi connectivity index (χ2v) is 11.3. The number of nitrogens with zero attached hydrogens (tertiary/aromatic N) is 2. The predicted molar refractivity (Wildman–Crippen MR) is 133 cm³/mol. The highest BCUT2D eigenvalue weighted by molar-refractivity contribution is 5.40. The first kappa shape index (κ1) is 20.9. The van der Waals surface area contributed by atoms with Crippen molar-refractivity contribution < 1.29 is 0 Å². The average molecular weight is 429 g/mol. The molecule has 0 amide bonds. The maximum absolute atomic E-state index is 2.76. The Hall–Kier alpha value is -1.64. The largest absolute Gasteiger partial charge is 0.303 e. The average Bonchev–Trinajstić information content (AvgIpc) is 3.39. The number of aryl methyl sites for hydroxylation is 2. The SMILES string of the molecule is c1ccc2c(c1)CCC21CCN(CCCCN2CCC3(CCc4ccccc43)CC2)CC1. The van der Waals surface area contributed by atoms with Gasteiger partial charge in [-0.05, 0) is 137 Å². The molecule has 170 valence electrons. The molecule has 4 aliphatic rings. The van der Waals surface area contributed by atoms with E-state index in [-0.39, 0.29) is 0 Å². The van der Waals surface area contributed by atoms with Gasteiger partial charge < -0.3 is 9.80 Å². The van der Waals surface area contributed by atoms with Crippen LogP contribution < -0.4 is 0 Å². The standard InChI is InChI=1S/C30H40N2/c1-3-9-27-25(7-1)11-13-29(27)15-21-31(22-16-29)19-5-6-20-32-23-17-30(18-24-32)14-12-26-8-2-4-10-28(26)30/h1-4,7-10H,5-6,11-24H2. The maximum Gasteiger partial charge on any atom is -0.00102 e. The first-order valence-electron chi connectivity index (χ1n) is 13.4. The van der Waals surface area contributed by atoms with E-state index in [1.54, 1.807) is 22.3 Å². The smallest absolute Gasteiger partial charge is 0.00102 e. The van der Waals surface area contributed by atoms with E-state index in [9.17, 15) is 0 Å². The van der Waals surface area contributed by atoms with Crippen LogP contribution in [0.4, 0.5) is 0 Å². The number of likely N-dealkylation sites (tertiary alicyclic amines) is 2. The lowest BCUT2D eigenvalue weighted by Crippen LogP contribution is -2.43. The molecule has 2 nitrogen and oxygen atoms in total. The first-order valence-corrected chi connectivity index (χ1v) is 13.4. The molecule has 2 aliphatic heterocycles. The van der Waals surface area contributed by atoms with E-state index in [1.165, 1.54) is 103 Å². The van der Waals surface area contributed by atoms with Crippen molar-refractivity contribution in [2.45, 2.75) is 75.0 Å². The van der Waals surface area contributed by atoms with Gasteiger partial charge in [-0.2, -0.15) is 0 Å². The van der Waals surface area contributed by atoms with Gasteiger partial charge >= 0.3 is 0 Å². The molecule has 2 saturated heterocycles. The van der Waals surface area contributed by atoms with Gasteiger partial charge in [-0.3, -0.25) is 0 Å². The third kappa shape index (κ3) is 3.74. The molecule has 0 aromatic heterocycles. The summed E-state index contributed by atoms with van der Waals surface area (Å²) >= 11 is 0. The third-order valence-corrected chi connectivity index (χ3v) is 9.75. The van der Waals surface area contributed by atoms with Crippen LogP contribution in [-0.4, -0.2) is 49.1 Å². The highest BCUT2D eigenvalue weighted by Gasteiger charge is 2.41. The number of fused-ring (bicyclic) bond motifs is 4. The lowest BCUT2D eigenvalue weighted by Gasteiger charge is -2.41. The summed E-state index contributed by atoms with van der Waals surface area (Å²) in [6.45, 7) is 7.84. The van der Waals surface area contributed by atoms with Gasteiger partial charge in [0.2, 0.25) is 0 Å². The van der Waals surface area contributed by atoms with E-state index < -0.39 is 0 Å². The molecule has 2 heteroatoms. The van der Waals surface area contributed by atoms with Crippen molar-refractivity contribution in [1.82, 2.24) is 9.80 Å². The predicted octanol–water partition coefficient (Wildman–Crippen LogP) is 5.73. The molecule has 6 rings (SSSR count). The van der Waals surface area contributed by atoms with Crippen molar-refractivity contribution in [3.05, 3.63) is 70.8 Å². The van der Waals surface area contributed by atoms with Crippen molar-refractivity contribution >= 4 is 0 Å². The molecular formula is C30H40N2. The molecule has 2 aromatic rings. The van der Waals surface area contributed by atoms with E-state index >= 15 is 0 Å². The molecular weight excluding hydrogens is 388 g/mol. The number of hydrogen-bond acceptors (Lipinski definition) is 2. The zero-order valence-corrected chi connectivity index (χ0v) is 19.8. The van der Waals surface area contributed by atoms with Crippen molar-refractivity contribution in [1.29, 1.82) is 0 Å². The fourth-order valence-corrected chi connectivity index (χ4v) is 7.65. The molecule has 0 unspecified atom stereocenters. The Labute approximate surface area is 195 Å². The van der Waals surface area contributed by atoms with Gasteiger partial charge in [-0.25, -0.2) is 0 Å². The Bertz CT molecular complexity index is 854. The quantitative estimate of drug-likeness (QED) is 0.562. The van der Waals surface area contributed by atoms with Crippen LogP contribution in [0.15, 0.2) is 48.5 Å². The van der Waals surface area contributed by atoms with E-state index in [2.05, 4.69) is 58.3 Å². The Morgan fingerprint density at radius 2 is 0.938 bits per heavy atom. The third-order valence-electron chi connectivity index (χ3n) is 9.75. The highest BCUT2D eigenvalue weighted by atomic mass is 15.1. The molecule has 0 N–H and O–H groups in total. The second-order valence-electron chi connectivity index (χ2n) is 11.3. The normalized spacial score (nSPS) is 24.1. The topological polar surface area (TPSA) is 6.48 Å². The van der Waals surface area contributed by atoms with Crippen molar-refractivity contribution in [2.75, 3.05) is 39.3 Å². The number of piperidine rings is 2. The summed E-state index contributed by atoms with van der Waals surface area (Å²) in [5.41, 5.74) is 7.65. The Kier molecular flexibility index (Phi) is 5.63. The molecule has 0 bridgehead atoms. The second kappa shape index (κ2) is 8.61.